The van der Waals surface area contributed by atoms with Gasteiger partial charge < -0.3 is 9.29 Å². The molecule has 0 heterocycles. The van der Waals surface area contributed by atoms with Gasteiger partial charge in [0.1, 0.15) is 5.75 Å². The van der Waals surface area contributed by atoms with Gasteiger partial charge in [-0.15, -0.1) is 0 Å². The molecule has 1 aromatic rings. The van der Waals surface area contributed by atoms with Crippen molar-refractivity contribution in [1.29, 1.82) is 0 Å². The SMILES string of the molecule is O=C(O)c1ccc(OS(=O)(=O)O)cc1. The average molecular weight is 218 g/mol. The highest BCUT2D eigenvalue weighted by molar-refractivity contribution is 7.81. The molecule has 2 N–H and O–H groups in total. The molecule has 0 radical (unpaired) electrons. The topological polar surface area (TPSA) is 101 Å². The van der Waals surface area contributed by atoms with Gasteiger partial charge in [0.2, 0.25) is 0 Å². The van der Waals surface area contributed by atoms with Gasteiger partial charge in [-0.2, -0.15) is 8.42 Å². The lowest BCUT2D eigenvalue weighted by atomic mass is 10.2. The highest BCUT2D eigenvalue weighted by atomic mass is 32.3. The molecule has 0 spiro atoms. The molecule has 0 amide bonds. The molecule has 76 valence electrons. The van der Waals surface area contributed by atoms with Gasteiger partial charge in [-0.1, -0.05) is 0 Å². The summed E-state index contributed by atoms with van der Waals surface area (Å²) in [6.45, 7) is 0. The molecular formula is C7H6O6S. The van der Waals surface area contributed by atoms with Crippen molar-refractivity contribution in [2.24, 2.45) is 0 Å². The number of carboxylic acids is 1. The molecule has 0 saturated heterocycles. The van der Waals surface area contributed by atoms with Crippen LogP contribution in [0.4, 0.5) is 0 Å². The van der Waals surface area contributed by atoms with E-state index >= 15 is 0 Å². The van der Waals surface area contributed by atoms with E-state index in [-0.39, 0.29) is 11.3 Å². The molecule has 0 aliphatic carbocycles. The highest BCUT2D eigenvalue weighted by Crippen LogP contribution is 2.13. The third-order valence-corrected chi connectivity index (χ3v) is 1.71. The van der Waals surface area contributed by atoms with Gasteiger partial charge in [0.15, 0.2) is 0 Å². The van der Waals surface area contributed by atoms with Gasteiger partial charge in [-0.25, -0.2) is 4.79 Å². The predicted octanol–water partition coefficient (Wildman–Crippen LogP) is 0.566. The summed E-state index contributed by atoms with van der Waals surface area (Å²) >= 11 is 0. The zero-order valence-electron chi connectivity index (χ0n) is 6.75. The highest BCUT2D eigenvalue weighted by Gasteiger charge is 2.07. The lowest BCUT2D eigenvalue weighted by molar-refractivity contribution is 0.0697. The molecule has 7 heteroatoms. The van der Waals surface area contributed by atoms with Crippen LogP contribution in [0.25, 0.3) is 0 Å². The maximum atomic E-state index is 10.4. The minimum atomic E-state index is -4.56. The molecular weight excluding hydrogens is 212 g/mol. The molecule has 0 unspecified atom stereocenters. The molecule has 14 heavy (non-hydrogen) atoms. The Labute approximate surface area is 79.7 Å². The molecule has 0 aliphatic rings. The normalized spacial score (nSPS) is 10.9. The van der Waals surface area contributed by atoms with Crippen LogP contribution in [-0.2, 0) is 10.4 Å². The fourth-order valence-corrected chi connectivity index (χ4v) is 1.13. The fraction of sp³-hybridized carbons (Fsp3) is 0. The van der Waals surface area contributed by atoms with Gasteiger partial charge in [0.25, 0.3) is 0 Å². The van der Waals surface area contributed by atoms with Crippen LogP contribution in [0, 0.1) is 0 Å². The van der Waals surface area contributed by atoms with Crippen LogP contribution >= 0.6 is 0 Å². The summed E-state index contributed by atoms with van der Waals surface area (Å²) in [5.74, 6) is -1.29. The fourth-order valence-electron chi connectivity index (χ4n) is 0.775. The Hall–Kier alpha value is -1.60. The monoisotopic (exact) mass is 218 g/mol. The summed E-state index contributed by atoms with van der Waals surface area (Å²) in [5, 5.41) is 8.50. The van der Waals surface area contributed by atoms with Crippen molar-refractivity contribution in [2.45, 2.75) is 0 Å². The molecule has 0 aromatic heterocycles. The summed E-state index contributed by atoms with van der Waals surface area (Å²) in [6, 6.07) is 4.56. The van der Waals surface area contributed by atoms with Crippen molar-refractivity contribution in [3.05, 3.63) is 29.8 Å². The molecule has 0 atom stereocenters. The van der Waals surface area contributed by atoms with E-state index in [0.29, 0.717) is 0 Å². The number of hydrogen-bond acceptors (Lipinski definition) is 4. The van der Waals surface area contributed by atoms with Crippen molar-refractivity contribution >= 4 is 16.4 Å². The van der Waals surface area contributed by atoms with Crippen molar-refractivity contribution in [3.63, 3.8) is 0 Å². The predicted molar refractivity (Wildman–Crippen MR) is 45.6 cm³/mol. The first-order valence-corrected chi connectivity index (χ1v) is 4.75. The Bertz CT molecular complexity index is 432. The molecule has 0 fully saturated rings. The van der Waals surface area contributed by atoms with Crippen molar-refractivity contribution in [2.75, 3.05) is 0 Å². The summed E-state index contributed by atoms with van der Waals surface area (Å²) in [6.07, 6.45) is 0. The summed E-state index contributed by atoms with van der Waals surface area (Å²) in [5.41, 5.74) is -0.00677. The maximum Gasteiger partial charge on any atom is 0.446 e. The van der Waals surface area contributed by atoms with Crippen LogP contribution in [-0.4, -0.2) is 24.0 Å². The lowest BCUT2D eigenvalue weighted by Gasteiger charge is -2.00. The number of carbonyl (C=O) groups is 1. The van der Waals surface area contributed by atoms with Gasteiger partial charge >= 0.3 is 16.4 Å². The van der Waals surface area contributed by atoms with Crippen LogP contribution in [0.3, 0.4) is 0 Å². The van der Waals surface area contributed by atoms with Gasteiger partial charge in [-0.3, -0.25) is 4.55 Å². The van der Waals surface area contributed by atoms with E-state index in [4.69, 9.17) is 9.66 Å². The van der Waals surface area contributed by atoms with Crippen LogP contribution < -0.4 is 4.18 Å². The number of rotatable bonds is 3. The third kappa shape index (κ3) is 3.04. The first-order chi connectivity index (χ1) is 6.38. The molecule has 0 aliphatic heterocycles. The Morgan fingerprint density at radius 3 is 2.07 bits per heavy atom. The van der Waals surface area contributed by atoms with Crippen molar-refractivity contribution in [3.8, 4) is 5.75 Å². The zero-order valence-corrected chi connectivity index (χ0v) is 7.56. The molecule has 0 saturated carbocycles. The van der Waals surface area contributed by atoms with Crippen LogP contribution in [0.2, 0.25) is 0 Å². The van der Waals surface area contributed by atoms with E-state index in [9.17, 15) is 13.2 Å². The first-order valence-electron chi connectivity index (χ1n) is 3.39. The van der Waals surface area contributed by atoms with Gasteiger partial charge in [0.05, 0.1) is 5.56 Å². The Morgan fingerprint density at radius 1 is 1.21 bits per heavy atom. The first kappa shape index (κ1) is 10.5. The molecule has 1 rings (SSSR count). The Kier molecular flexibility index (Phi) is 2.73. The van der Waals surface area contributed by atoms with E-state index < -0.39 is 16.4 Å². The number of carboxylic acid groups (broad SMARTS) is 1. The maximum absolute atomic E-state index is 10.4. The second-order valence-electron chi connectivity index (χ2n) is 2.34. The van der Waals surface area contributed by atoms with E-state index in [1.165, 1.54) is 0 Å². The summed E-state index contributed by atoms with van der Waals surface area (Å²) in [7, 11) is -4.56. The molecule has 0 bridgehead atoms. The minimum Gasteiger partial charge on any atom is -0.478 e. The summed E-state index contributed by atoms with van der Waals surface area (Å²) in [4.78, 5) is 10.4. The third-order valence-electron chi connectivity index (χ3n) is 1.30. The second-order valence-corrected chi connectivity index (χ2v) is 3.36. The second kappa shape index (κ2) is 3.64. The van der Waals surface area contributed by atoms with E-state index in [0.717, 1.165) is 24.3 Å². The van der Waals surface area contributed by atoms with Gasteiger partial charge in [0, 0.05) is 0 Å². The van der Waals surface area contributed by atoms with Crippen LogP contribution in [0.1, 0.15) is 10.4 Å². The number of benzene rings is 1. The average Bonchev–Trinajstić information content (AvgIpc) is 2.02. The Balaban J connectivity index is 2.90. The number of aromatic carboxylic acids is 1. The largest absolute Gasteiger partial charge is 0.478 e. The standard InChI is InChI=1S/C7H6O6S/c8-7(9)5-1-3-6(4-2-5)13-14(10,11)12/h1-4H,(H,8,9)(H,10,11,12). The molecule has 1 aromatic carbocycles. The van der Waals surface area contributed by atoms with Crippen molar-refractivity contribution < 1.29 is 27.1 Å². The van der Waals surface area contributed by atoms with E-state index in [2.05, 4.69) is 4.18 Å². The van der Waals surface area contributed by atoms with Gasteiger partial charge in [-0.05, 0) is 24.3 Å². The summed E-state index contributed by atoms with van der Waals surface area (Å²) < 4.78 is 32.8. The van der Waals surface area contributed by atoms with Crippen LogP contribution in [0.15, 0.2) is 24.3 Å². The minimum absolute atomic E-state index is 0.00677. The Morgan fingerprint density at radius 2 is 1.71 bits per heavy atom. The molecule has 6 nitrogen and oxygen atoms in total. The van der Waals surface area contributed by atoms with Crippen LogP contribution in [0.5, 0.6) is 5.75 Å². The smallest absolute Gasteiger partial charge is 0.446 e. The van der Waals surface area contributed by atoms with Crippen molar-refractivity contribution in [1.82, 2.24) is 0 Å². The van der Waals surface area contributed by atoms with E-state index in [1.54, 1.807) is 0 Å². The lowest BCUT2D eigenvalue weighted by Crippen LogP contribution is -2.06. The van der Waals surface area contributed by atoms with E-state index in [1.807, 2.05) is 0 Å². The quantitative estimate of drug-likeness (QED) is 0.719. The zero-order chi connectivity index (χ0) is 10.8. The number of hydrogen-bond donors (Lipinski definition) is 2.